The fourth-order valence-corrected chi connectivity index (χ4v) is 3.50. The molecular weight excluding hydrogens is 284 g/mol. The smallest absolute Gasteiger partial charge is 0.243 e. The minimum Gasteiger partial charge on any atom is -0.507 e. The maximum atomic E-state index is 12.0. The van der Waals surface area contributed by atoms with E-state index in [4.69, 9.17) is 0 Å². The first-order chi connectivity index (χ1) is 10.2. The van der Waals surface area contributed by atoms with Crippen LogP contribution in [0.15, 0.2) is 17.0 Å². The zero-order valence-corrected chi connectivity index (χ0v) is 13.3. The summed E-state index contributed by atoms with van der Waals surface area (Å²) in [6.07, 6.45) is 8.54. The van der Waals surface area contributed by atoms with Crippen LogP contribution in [0.5, 0.6) is 0 Å². The van der Waals surface area contributed by atoms with Crippen molar-refractivity contribution in [3.05, 3.63) is 27.5 Å². The summed E-state index contributed by atoms with van der Waals surface area (Å²) in [5.74, 6) is -0.967. The Hall–Kier alpha value is -1.42. The number of carbonyl (C=O) groups is 2. The molecule has 114 valence electrons. The zero-order chi connectivity index (χ0) is 15.2. The lowest BCUT2D eigenvalue weighted by Crippen LogP contribution is -2.22. The van der Waals surface area contributed by atoms with Gasteiger partial charge in [-0.25, -0.2) is 0 Å². The summed E-state index contributed by atoms with van der Waals surface area (Å²) in [4.78, 5) is 24.4. The second kappa shape index (κ2) is 7.55. The number of ketones is 2. The van der Waals surface area contributed by atoms with Gasteiger partial charge in [0, 0.05) is 11.1 Å². The molecule has 1 heterocycles. The van der Waals surface area contributed by atoms with Crippen LogP contribution in [-0.4, -0.2) is 16.7 Å². The minimum absolute atomic E-state index is 0.0156. The highest BCUT2D eigenvalue weighted by Crippen LogP contribution is 2.33. The van der Waals surface area contributed by atoms with E-state index in [2.05, 4.69) is 6.92 Å². The first kappa shape index (κ1) is 16.0. The molecule has 0 bridgehead atoms. The summed E-state index contributed by atoms with van der Waals surface area (Å²) in [5.41, 5.74) is 0.835. The van der Waals surface area contributed by atoms with Crippen molar-refractivity contribution in [2.75, 3.05) is 0 Å². The lowest BCUT2D eigenvalue weighted by molar-refractivity contribution is -0.112. The van der Waals surface area contributed by atoms with Crippen LogP contribution in [0.4, 0.5) is 0 Å². The molecule has 0 saturated heterocycles. The predicted molar refractivity (Wildman–Crippen MR) is 85.8 cm³/mol. The van der Waals surface area contributed by atoms with E-state index in [0.717, 1.165) is 19.3 Å². The SMILES string of the molecule is CCCCCCCCCC1=C(O)c2ccsc2C(=O)C1=O. The number of hydrogen-bond acceptors (Lipinski definition) is 4. The van der Waals surface area contributed by atoms with E-state index in [0.29, 0.717) is 22.4 Å². The molecule has 0 atom stereocenters. The molecule has 0 radical (unpaired) electrons. The van der Waals surface area contributed by atoms with Gasteiger partial charge in [0.15, 0.2) is 0 Å². The lowest BCUT2D eigenvalue weighted by atomic mass is 9.91. The molecule has 0 amide bonds. The van der Waals surface area contributed by atoms with Crippen LogP contribution in [0.25, 0.3) is 5.76 Å². The molecule has 21 heavy (non-hydrogen) atoms. The highest BCUT2D eigenvalue weighted by molar-refractivity contribution is 7.13. The van der Waals surface area contributed by atoms with E-state index in [9.17, 15) is 14.7 Å². The Morgan fingerprint density at radius 3 is 2.38 bits per heavy atom. The standard InChI is InChI=1S/C17H22O3S/c1-2-3-4-5-6-7-8-9-12-14(18)13-10-11-21-17(13)16(20)15(12)19/h10-11,18H,2-9H2,1H3. The summed E-state index contributed by atoms with van der Waals surface area (Å²) in [7, 11) is 0. The Morgan fingerprint density at radius 1 is 1.00 bits per heavy atom. The first-order valence-corrected chi connectivity index (χ1v) is 8.63. The van der Waals surface area contributed by atoms with Gasteiger partial charge in [0.2, 0.25) is 11.6 Å². The highest BCUT2D eigenvalue weighted by Gasteiger charge is 2.33. The summed E-state index contributed by atoms with van der Waals surface area (Å²) in [6, 6.07) is 1.71. The van der Waals surface area contributed by atoms with E-state index in [1.54, 1.807) is 11.4 Å². The van der Waals surface area contributed by atoms with Gasteiger partial charge in [-0.1, -0.05) is 45.4 Å². The van der Waals surface area contributed by atoms with Crippen LogP contribution in [0, 0.1) is 0 Å². The molecule has 0 aliphatic heterocycles. The molecule has 0 saturated carbocycles. The normalized spacial score (nSPS) is 14.7. The molecule has 1 aromatic rings. The second-order valence-corrected chi connectivity index (χ2v) is 6.44. The molecule has 1 aliphatic rings. The monoisotopic (exact) mass is 306 g/mol. The average Bonchev–Trinajstić information content (AvgIpc) is 2.97. The maximum absolute atomic E-state index is 12.0. The van der Waals surface area contributed by atoms with E-state index in [1.165, 1.54) is 37.0 Å². The van der Waals surface area contributed by atoms with Gasteiger partial charge >= 0.3 is 0 Å². The number of Topliss-reactive ketones (excluding diaryl/α,β-unsaturated/α-hetero) is 2. The lowest BCUT2D eigenvalue weighted by Gasteiger charge is -2.14. The van der Waals surface area contributed by atoms with E-state index in [1.807, 2.05) is 0 Å². The first-order valence-electron chi connectivity index (χ1n) is 7.75. The van der Waals surface area contributed by atoms with E-state index >= 15 is 0 Å². The number of rotatable bonds is 8. The van der Waals surface area contributed by atoms with Crippen LogP contribution in [-0.2, 0) is 4.79 Å². The number of hydrogen-bond donors (Lipinski definition) is 1. The topological polar surface area (TPSA) is 54.4 Å². The van der Waals surface area contributed by atoms with Gasteiger partial charge in [0.1, 0.15) is 5.76 Å². The van der Waals surface area contributed by atoms with Crippen molar-refractivity contribution in [1.82, 2.24) is 0 Å². The summed E-state index contributed by atoms with van der Waals surface area (Å²) in [5, 5.41) is 11.9. The molecule has 1 aromatic heterocycles. The van der Waals surface area contributed by atoms with Crippen molar-refractivity contribution < 1.29 is 14.7 Å². The summed E-state index contributed by atoms with van der Waals surface area (Å²) >= 11 is 1.22. The van der Waals surface area contributed by atoms with Gasteiger partial charge in [-0.05, 0) is 24.3 Å². The third-order valence-corrected chi connectivity index (χ3v) is 4.84. The van der Waals surface area contributed by atoms with Crippen molar-refractivity contribution in [3.8, 4) is 0 Å². The number of aliphatic hydroxyl groups is 1. The second-order valence-electron chi connectivity index (χ2n) is 5.52. The molecular formula is C17H22O3S. The molecule has 3 nitrogen and oxygen atoms in total. The average molecular weight is 306 g/mol. The Balaban J connectivity index is 1.89. The number of carbonyl (C=O) groups excluding carboxylic acids is 2. The van der Waals surface area contributed by atoms with Crippen LogP contribution >= 0.6 is 11.3 Å². The molecule has 2 rings (SSSR count). The van der Waals surface area contributed by atoms with Gasteiger partial charge in [-0.15, -0.1) is 11.3 Å². The Morgan fingerprint density at radius 2 is 1.67 bits per heavy atom. The Labute approximate surface area is 129 Å². The van der Waals surface area contributed by atoms with Gasteiger partial charge in [0.25, 0.3) is 0 Å². The van der Waals surface area contributed by atoms with Crippen molar-refractivity contribution in [3.63, 3.8) is 0 Å². The van der Waals surface area contributed by atoms with E-state index < -0.39 is 11.6 Å². The molecule has 1 aliphatic carbocycles. The number of thiophene rings is 1. The number of unbranched alkanes of at least 4 members (excludes halogenated alkanes) is 6. The zero-order valence-electron chi connectivity index (χ0n) is 12.5. The van der Waals surface area contributed by atoms with Crippen LogP contribution in [0.3, 0.4) is 0 Å². The van der Waals surface area contributed by atoms with Crippen LogP contribution in [0.2, 0.25) is 0 Å². The largest absolute Gasteiger partial charge is 0.507 e. The van der Waals surface area contributed by atoms with Crippen LogP contribution in [0.1, 0.15) is 73.5 Å². The quantitative estimate of drug-likeness (QED) is 0.547. The van der Waals surface area contributed by atoms with Crippen molar-refractivity contribution in [2.24, 2.45) is 0 Å². The van der Waals surface area contributed by atoms with Crippen molar-refractivity contribution in [2.45, 2.75) is 58.3 Å². The van der Waals surface area contributed by atoms with Crippen molar-refractivity contribution in [1.29, 1.82) is 0 Å². The molecule has 4 heteroatoms. The maximum Gasteiger partial charge on any atom is 0.243 e. The Bertz CT molecular complexity index is 554. The van der Waals surface area contributed by atoms with Gasteiger partial charge in [-0.3, -0.25) is 9.59 Å². The van der Waals surface area contributed by atoms with Crippen molar-refractivity contribution >= 4 is 28.7 Å². The molecule has 0 spiro atoms. The third kappa shape index (κ3) is 3.62. The minimum atomic E-state index is -0.520. The highest BCUT2D eigenvalue weighted by atomic mass is 32.1. The summed E-state index contributed by atoms with van der Waals surface area (Å²) < 4.78 is 0. The van der Waals surface area contributed by atoms with Crippen LogP contribution < -0.4 is 0 Å². The van der Waals surface area contributed by atoms with Gasteiger partial charge < -0.3 is 5.11 Å². The molecule has 0 aromatic carbocycles. The number of fused-ring (bicyclic) bond motifs is 1. The summed E-state index contributed by atoms with van der Waals surface area (Å²) in [6.45, 7) is 2.19. The Kier molecular flexibility index (Phi) is 5.74. The fourth-order valence-electron chi connectivity index (χ4n) is 2.67. The third-order valence-electron chi connectivity index (χ3n) is 3.92. The molecule has 1 N–H and O–H groups in total. The van der Waals surface area contributed by atoms with E-state index in [-0.39, 0.29) is 5.76 Å². The predicted octanol–water partition coefficient (Wildman–Crippen LogP) is 4.92. The van der Waals surface area contributed by atoms with Gasteiger partial charge in [-0.2, -0.15) is 0 Å². The number of allylic oxidation sites excluding steroid dienone is 1. The number of aliphatic hydroxyl groups excluding tert-OH is 1. The molecule has 0 fully saturated rings. The van der Waals surface area contributed by atoms with Gasteiger partial charge in [0.05, 0.1) is 4.88 Å². The fraction of sp³-hybridized carbons (Fsp3) is 0.529. The molecule has 0 unspecified atom stereocenters.